The van der Waals surface area contributed by atoms with Crippen molar-refractivity contribution in [2.75, 3.05) is 6.61 Å². The van der Waals surface area contributed by atoms with Crippen molar-refractivity contribution in [3.8, 4) is 0 Å². The number of carbonyl (C=O) groups excluding carboxylic acids is 2. The maximum Gasteiger partial charge on any atom is 0.340 e. The monoisotopic (exact) mass is 639 g/mol. The number of carbonyl (C=O) groups is 3. The molecule has 0 heterocycles. The van der Waals surface area contributed by atoms with Crippen LogP contribution in [0.15, 0.2) is 12.2 Å². The molecule has 0 aromatic heterocycles. The lowest BCUT2D eigenvalue weighted by Crippen LogP contribution is -2.60. The second-order valence-electron chi connectivity index (χ2n) is 12.8. The number of unbranched alkanes of at least 4 members (excludes halogenated alkanes) is 23. The van der Waals surface area contributed by atoms with Crippen LogP contribution in [0.3, 0.4) is 0 Å². The molecular formula is C37H70NO5P. The normalized spacial score (nSPS) is 12.9. The first-order chi connectivity index (χ1) is 21.4. The zero-order valence-corrected chi connectivity index (χ0v) is 30.0. The highest BCUT2D eigenvalue weighted by Gasteiger charge is 2.50. The standard InChI is InChI=1S/C37H70NO5P/c1-3-5-7-9-11-13-15-17-18-20-22-24-26-28-30-32-35(41)38(44)37(33-39,36(42)43)34(40)31-29-27-25-23-21-19-16-14-12-10-8-6-4-2/h17-18,39H,3-16,19-33,44H2,1-2H3,(H,42,43). The number of hydrogen-bond donors (Lipinski definition) is 2. The summed E-state index contributed by atoms with van der Waals surface area (Å²) in [6.45, 7) is 3.57. The van der Waals surface area contributed by atoms with E-state index in [2.05, 4.69) is 35.4 Å². The number of aliphatic hydroxyl groups is 1. The average molecular weight is 640 g/mol. The fourth-order valence-corrected chi connectivity index (χ4v) is 6.24. The zero-order valence-electron chi connectivity index (χ0n) is 28.8. The van der Waals surface area contributed by atoms with Crippen LogP contribution in [0.25, 0.3) is 0 Å². The first kappa shape index (κ1) is 42.7. The van der Waals surface area contributed by atoms with Crippen LogP contribution in [0.5, 0.6) is 0 Å². The molecule has 2 unspecified atom stereocenters. The van der Waals surface area contributed by atoms with Gasteiger partial charge < -0.3 is 14.9 Å². The van der Waals surface area contributed by atoms with Crippen LogP contribution in [0.2, 0.25) is 0 Å². The number of aliphatic hydroxyl groups excluding tert-OH is 1. The summed E-state index contributed by atoms with van der Waals surface area (Å²) in [5.74, 6) is -2.49. The molecule has 44 heavy (non-hydrogen) atoms. The predicted molar refractivity (Wildman–Crippen MR) is 189 cm³/mol. The third kappa shape index (κ3) is 20.7. The van der Waals surface area contributed by atoms with Crippen LogP contribution in [0.4, 0.5) is 0 Å². The lowest BCUT2D eigenvalue weighted by atomic mass is 9.90. The molecule has 7 heteroatoms. The van der Waals surface area contributed by atoms with E-state index < -0.39 is 29.8 Å². The summed E-state index contributed by atoms with van der Waals surface area (Å²) in [5.41, 5.74) is -2.22. The van der Waals surface area contributed by atoms with E-state index in [-0.39, 0.29) is 12.8 Å². The molecule has 0 radical (unpaired) electrons. The van der Waals surface area contributed by atoms with Gasteiger partial charge in [-0.15, -0.1) is 0 Å². The molecule has 0 aliphatic carbocycles. The summed E-state index contributed by atoms with van der Waals surface area (Å²) in [6.07, 6.45) is 35.1. The third-order valence-corrected chi connectivity index (χ3v) is 9.61. The van der Waals surface area contributed by atoms with Gasteiger partial charge in [-0.2, -0.15) is 0 Å². The van der Waals surface area contributed by atoms with Gasteiger partial charge in [0.2, 0.25) is 11.4 Å². The van der Waals surface area contributed by atoms with Gasteiger partial charge in [-0.05, 0) is 47.9 Å². The van der Waals surface area contributed by atoms with Crippen molar-refractivity contribution >= 4 is 27.1 Å². The molecule has 0 rings (SSSR count). The minimum atomic E-state index is -2.22. The Hall–Kier alpha value is -1.26. The summed E-state index contributed by atoms with van der Waals surface area (Å²) >= 11 is 0. The number of rotatable bonds is 33. The predicted octanol–water partition coefficient (Wildman–Crippen LogP) is 10.5. The maximum atomic E-state index is 13.0. The van der Waals surface area contributed by atoms with Gasteiger partial charge in [0.05, 0.1) is 6.61 Å². The fraction of sp³-hybridized carbons (Fsp3) is 0.865. The Bertz CT molecular complexity index is 743. The van der Waals surface area contributed by atoms with Crippen LogP contribution < -0.4 is 0 Å². The highest BCUT2D eigenvalue weighted by Crippen LogP contribution is 2.26. The molecule has 2 atom stereocenters. The van der Waals surface area contributed by atoms with Gasteiger partial charge in [0.25, 0.3) is 0 Å². The van der Waals surface area contributed by atoms with Gasteiger partial charge >= 0.3 is 5.97 Å². The Kier molecular flexibility index (Phi) is 29.5. The number of nitrogens with zero attached hydrogens (tertiary/aromatic N) is 1. The molecule has 0 aromatic carbocycles. The number of Topliss-reactive ketones (excluding diaryl/α,β-unsaturated/α-hetero) is 1. The molecule has 0 spiro atoms. The van der Waals surface area contributed by atoms with E-state index in [1.54, 1.807) is 0 Å². The molecule has 0 aliphatic heterocycles. The van der Waals surface area contributed by atoms with E-state index in [0.29, 0.717) is 12.8 Å². The Morgan fingerprint density at radius 1 is 0.568 bits per heavy atom. The Labute approximate surface area is 273 Å². The number of carboxylic acids is 1. The summed E-state index contributed by atoms with van der Waals surface area (Å²) < 4.78 is 0.911. The van der Waals surface area contributed by atoms with Crippen molar-refractivity contribution in [3.63, 3.8) is 0 Å². The number of allylic oxidation sites excluding steroid dienone is 2. The molecule has 1 amide bonds. The lowest BCUT2D eigenvalue weighted by Gasteiger charge is -2.35. The van der Waals surface area contributed by atoms with E-state index in [4.69, 9.17) is 0 Å². The second kappa shape index (κ2) is 30.4. The number of ketones is 1. The molecule has 2 N–H and O–H groups in total. The van der Waals surface area contributed by atoms with Gasteiger partial charge in [-0.1, -0.05) is 154 Å². The van der Waals surface area contributed by atoms with E-state index in [1.165, 1.54) is 103 Å². The third-order valence-electron chi connectivity index (χ3n) is 8.88. The maximum absolute atomic E-state index is 13.0. The van der Waals surface area contributed by atoms with E-state index >= 15 is 0 Å². The topological polar surface area (TPSA) is 94.9 Å². The van der Waals surface area contributed by atoms with Crippen molar-refractivity contribution < 1.29 is 24.6 Å². The van der Waals surface area contributed by atoms with Gasteiger partial charge in [-0.25, -0.2) is 4.79 Å². The number of aliphatic carboxylic acids is 1. The largest absolute Gasteiger partial charge is 0.479 e. The summed E-state index contributed by atoms with van der Waals surface area (Å²) in [5, 5.41) is 20.0. The quantitative estimate of drug-likeness (QED) is 0.0322. The lowest BCUT2D eigenvalue weighted by molar-refractivity contribution is -0.161. The van der Waals surface area contributed by atoms with Crippen molar-refractivity contribution in [2.45, 2.75) is 199 Å². The molecule has 258 valence electrons. The summed E-state index contributed by atoms with van der Waals surface area (Å²) in [4.78, 5) is 38.1. The molecule has 0 saturated heterocycles. The van der Waals surface area contributed by atoms with Crippen LogP contribution in [0, 0.1) is 0 Å². The van der Waals surface area contributed by atoms with Crippen LogP contribution in [0.1, 0.15) is 194 Å². The van der Waals surface area contributed by atoms with Crippen molar-refractivity contribution in [3.05, 3.63) is 12.2 Å². The molecular weight excluding hydrogens is 569 g/mol. The highest BCUT2D eigenvalue weighted by atomic mass is 31.0. The van der Waals surface area contributed by atoms with E-state index in [0.717, 1.165) is 56.0 Å². The van der Waals surface area contributed by atoms with Crippen LogP contribution >= 0.6 is 9.39 Å². The SMILES string of the molecule is CCCCCCCCC=CCCCCCCCC(=O)N(P)C(CO)(C(=O)O)C(=O)CCCCCCCCCCCCCCC. The second-order valence-corrected chi connectivity index (χ2v) is 13.4. The average Bonchev–Trinajstić information content (AvgIpc) is 3.01. The first-order valence-electron chi connectivity index (χ1n) is 18.5. The Balaban J connectivity index is 4.15. The molecule has 6 nitrogen and oxygen atoms in total. The molecule has 0 saturated carbocycles. The summed E-state index contributed by atoms with van der Waals surface area (Å²) in [7, 11) is 2.12. The zero-order chi connectivity index (χ0) is 32.7. The van der Waals surface area contributed by atoms with Crippen molar-refractivity contribution in [1.82, 2.24) is 4.67 Å². The van der Waals surface area contributed by atoms with Gasteiger partial charge in [0.15, 0.2) is 5.78 Å². The Morgan fingerprint density at radius 2 is 0.909 bits per heavy atom. The minimum Gasteiger partial charge on any atom is -0.479 e. The van der Waals surface area contributed by atoms with Crippen LogP contribution in [-0.4, -0.2) is 44.7 Å². The van der Waals surface area contributed by atoms with Gasteiger partial charge in [-0.3, -0.25) is 9.59 Å². The van der Waals surface area contributed by atoms with Crippen LogP contribution in [-0.2, 0) is 14.4 Å². The number of amides is 1. The molecule has 0 bridgehead atoms. The fourth-order valence-electron chi connectivity index (χ4n) is 5.78. The van der Waals surface area contributed by atoms with Crippen molar-refractivity contribution in [1.29, 1.82) is 0 Å². The minimum absolute atomic E-state index is 0.0518. The van der Waals surface area contributed by atoms with E-state index in [1.807, 2.05) is 0 Å². The molecule has 0 fully saturated rings. The molecule has 0 aliphatic rings. The Morgan fingerprint density at radius 3 is 1.27 bits per heavy atom. The summed E-state index contributed by atoms with van der Waals surface area (Å²) in [6, 6.07) is 0. The number of hydrogen-bond acceptors (Lipinski definition) is 4. The molecule has 0 aromatic rings. The number of carboxylic acid groups (broad SMARTS) is 1. The van der Waals surface area contributed by atoms with E-state index in [9.17, 15) is 24.6 Å². The van der Waals surface area contributed by atoms with Gasteiger partial charge in [0.1, 0.15) is 0 Å². The first-order valence-corrected chi connectivity index (χ1v) is 19.0. The smallest absolute Gasteiger partial charge is 0.340 e. The highest BCUT2D eigenvalue weighted by molar-refractivity contribution is 7.15. The van der Waals surface area contributed by atoms with Gasteiger partial charge in [0, 0.05) is 12.8 Å². The van der Waals surface area contributed by atoms with Crippen molar-refractivity contribution in [2.24, 2.45) is 0 Å².